The zero-order valence-corrected chi connectivity index (χ0v) is 9.17. The fourth-order valence-electron chi connectivity index (χ4n) is 1.71. The molecule has 0 atom stereocenters. The van der Waals surface area contributed by atoms with Gasteiger partial charge in [-0.3, -0.25) is 0 Å². The summed E-state index contributed by atoms with van der Waals surface area (Å²) in [5.74, 6) is 0.589. The van der Waals surface area contributed by atoms with Gasteiger partial charge in [0, 0.05) is 24.2 Å². The summed E-state index contributed by atoms with van der Waals surface area (Å²) in [5, 5.41) is 6.73. The lowest BCUT2D eigenvalue weighted by molar-refractivity contribution is 0.612. The van der Waals surface area contributed by atoms with Gasteiger partial charge in [0.05, 0.1) is 6.20 Å². The molecule has 2 aliphatic carbocycles. The number of pyridine rings is 1. The second-order valence-electron chi connectivity index (χ2n) is 4.74. The van der Waals surface area contributed by atoms with Gasteiger partial charge in [-0.2, -0.15) is 0 Å². The van der Waals surface area contributed by atoms with Gasteiger partial charge in [0.25, 0.3) is 0 Å². The molecule has 1 heterocycles. The third-order valence-electron chi connectivity index (χ3n) is 3.01. The van der Waals surface area contributed by atoms with Crippen molar-refractivity contribution in [2.45, 2.75) is 44.3 Å². The zero-order valence-electron chi connectivity index (χ0n) is 9.17. The number of halogens is 1. The highest BCUT2D eigenvalue weighted by atomic mass is 19.1. The highest BCUT2D eigenvalue weighted by Crippen LogP contribution is 2.26. The second kappa shape index (κ2) is 4.01. The Morgan fingerprint density at radius 1 is 1.25 bits per heavy atom. The lowest BCUT2D eigenvalue weighted by Gasteiger charge is -2.10. The number of anilines is 1. The molecule has 2 fully saturated rings. The van der Waals surface area contributed by atoms with E-state index in [2.05, 4.69) is 15.6 Å². The van der Waals surface area contributed by atoms with Gasteiger partial charge in [0.1, 0.15) is 11.6 Å². The van der Waals surface area contributed by atoms with Crippen molar-refractivity contribution in [1.29, 1.82) is 0 Å². The van der Waals surface area contributed by atoms with Crippen LogP contribution >= 0.6 is 0 Å². The Kier molecular flexibility index (Phi) is 2.52. The van der Waals surface area contributed by atoms with Crippen LogP contribution < -0.4 is 10.6 Å². The van der Waals surface area contributed by atoms with Crippen LogP contribution in [0.25, 0.3) is 0 Å². The molecule has 0 amide bonds. The Labute approximate surface area is 94.5 Å². The van der Waals surface area contributed by atoms with E-state index < -0.39 is 0 Å². The van der Waals surface area contributed by atoms with E-state index in [4.69, 9.17) is 0 Å². The summed E-state index contributed by atoms with van der Waals surface area (Å²) < 4.78 is 13.1. The molecular weight excluding hydrogens is 205 g/mol. The summed E-state index contributed by atoms with van der Waals surface area (Å²) in [4.78, 5) is 4.13. The minimum atomic E-state index is -0.256. The van der Waals surface area contributed by atoms with E-state index in [1.54, 1.807) is 6.07 Å². The van der Waals surface area contributed by atoms with Crippen molar-refractivity contribution in [3.8, 4) is 0 Å². The van der Waals surface area contributed by atoms with Gasteiger partial charge < -0.3 is 10.6 Å². The molecule has 2 aliphatic rings. The Hall–Kier alpha value is -1.16. The van der Waals surface area contributed by atoms with Gasteiger partial charge >= 0.3 is 0 Å². The van der Waals surface area contributed by atoms with E-state index in [1.165, 1.54) is 31.9 Å². The minimum absolute atomic E-state index is 0.256. The normalized spacial score (nSPS) is 19.8. The lowest BCUT2D eigenvalue weighted by Crippen LogP contribution is -2.18. The predicted molar refractivity (Wildman–Crippen MR) is 60.7 cm³/mol. The van der Waals surface area contributed by atoms with Crippen LogP contribution in [0.15, 0.2) is 12.3 Å². The molecule has 0 spiro atoms. The van der Waals surface area contributed by atoms with E-state index in [0.29, 0.717) is 18.6 Å². The average Bonchev–Trinajstić information content (AvgIpc) is 3.13. The largest absolute Gasteiger partial charge is 0.367 e. The molecule has 2 saturated carbocycles. The van der Waals surface area contributed by atoms with Crippen LogP contribution in [0.4, 0.5) is 10.2 Å². The predicted octanol–water partition coefficient (Wildman–Crippen LogP) is 2.05. The van der Waals surface area contributed by atoms with Crippen molar-refractivity contribution in [3.05, 3.63) is 23.6 Å². The molecule has 0 aromatic carbocycles. The first-order chi connectivity index (χ1) is 7.81. The maximum absolute atomic E-state index is 13.1. The minimum Gasteiger partial charge on any atom is -0.367 e. The lowest BCUT2D eigenvalue weighted by atomic mass is 10.2. The first-order valence-electron chi connectivity index (χ1n) is 5.95. The molecule has 16 heavy (non-hydrogen) atoms. The van der Waals surface area contributed by atoms with Crippen molar-refractivity contribution < 1.29 is 4.39 Å². The van der Waals surface area contributed by atoms with Gasteiger partial charge in [-0.25, -0.2) is 9.37 Å². The highest BCUT2D eigenvalue weighted by molar-refractivity contribution is 5.45. The van der Waals surface area contributed by atoms with Crippen LogP contribution in [0, 0.1) is 5.82 Å². The SMILES string of the molecule is Fc1cnc(NC2CC2)c(CNC2CC2)c1. The fraction of sp³-hybridized carbons (Fsp3) is 0.583. The van der Waals surface area contributed by atoms with Crippen molar-refractivity contribution in [2.75, 3.05) is 5.32 Å². The number of rotatable bonds is 5. The zero-order chi connectivity index (χ0) is 11.0. The molecule has 86 valence electrons. The van der Waals surface area contributed by atoms with E-state index >= 15 is 0 Å². The van der Waals surface area contributed by atoms with Crippen LogP contribution in [0.5, 0.6) is 0 Å². The van der Waals surface area contributed by atoms with Gasteiger partial charge in [-0.1, -0.05) is 0 Å². The number of hydrogen-bond acceptors (Lipinski definition) is 3. The maximum atomic E-state index is 13.1. The Bertz CT molecular complexity index is 386. The first-order valence-corrected chi connectivity index (χ1v) is 5.95. The molecule has 0 aliphatic heterocycles. The van der Waals surface area contributed by atoms with Crippen LogP contribution in [-0.2, 0) is 6.54 Å². The molecule has 0 unspecified atom stereocenters. The highest BCUT2D eigenvalue weighted by Gasteiger charge is 2.24. The summed E-state index contributed by atoms with van der Waals surface area (Å²) in [6.45, 7) is 0.713. The summed E-state index contributed by atoms with van der Waals surface area (Å²) in [6, 6.07) is 2.77. The molecule has 1 aromatic rings. The molecule has 4 heteroatoms. The topological polar surface area (TPSA) is 37.0 Å². The standard InChI is InChI=1S/C12H16FN3/c13-9-5-8(6-14-10-1-2-10)12(15-7-9)16-11-3-4-11/h5,7,10-11,14H,1-4,6H2,(H,15,16). The molecule has 2 N–H and O–H groups in total. The maximum Gasteiger partial charge on any atom is 0.141 e. The monoisotopic (exact) mass is 221 g/mol. The molecule has 3 rings (SSSR count). The van der Waals surface area contributed by atoms with Gasteiger partial charge in [-0.05, 0) is 31.7 Å². The quantitative estimate of drug-likeness (QED) is 0.799. The Balaban J connectivity index is 1.71. The summed E-state index contributed by atoms with van der Waals surface area (Å²) in [5.41, 5.74) is 0.943. The fourth-order valence-corrected chi connectivity index (χ4v) is 1.71. The Morgan fingerprint density at radius 2 is 2.00 bits per heavy atom. The summed E-state index contributed by atoms with van der Waals surface area (Å²) in [6.07, 6.45) is 6.18. The van der Waals surface area contributed by atoms with Crippen LogP contribution in [0.3, 0.4) is 0 Å². The van der Waals surface area contributed by atoms with Crippen LogP contribution in [0.2, 0.25) is 0 Å². The van der Waals surface area contributed by atoms with E-state index in [9.17, 15) is 4.39 Å². The van der Waals surface area contributed by atoms with E-state index in [-0.39, 0.29) is 5.82 Å². The molecule has 1 aromatic heterocycles. The van der Waals surface area contributed by atoms with Crippen molar-refractivity contribution in [2.24, 2.45) is 0 Å². The third-order valence-corrected chi connectivity index (χ3v) is 3.01. The average molecular weight is 221 g/mol. The van der Waals surface area contributed by atoms with Crippen molar-refractivity contribution in [1.82, 2.24) is 10.3 Å². The summed E-state index contributed by atoms with van der Waals surface area (Å²) in [7, 11) is 0. The van der Waals surface area contributed by atoms with Gasteiger partial charge in [0.2, 0.25) is 0 Å². The molecule has 3 nitrogen and oxygen atoms in total. The van der Waals surface area contributed by atoms with Gasteiger partial charge in [-0.15, -0.1) is 0 Å². The number of hydrogen-bond donors (Lipinski definition) is 2. The number of aromatic nitrogens is 1. The molecule has 0 bridgehead atoms. The van der Waals surface area contributed by atoms with E-state index in [1.807, 2.05) is 0 Å². The smallest absolute Gasteiger partial charge is 0.141 e. The molecule has 0 saturated heterocycles. The van der Waals surface area contributed by atoms with Crippen molar-refractivity contribution >= 4 is 5.82 Å². The van der Waals surface area contributed by atoms with Crippen molar-refractivity contribution in [3.63, 3.8) is 0 Å². The second-order valence-corrected chi connectivity index (χ2v) is 4.74. The van der Waals surface area contributed by atoms with Gasteiger partial charge in [0.15, 0.2) is 0 Å². The van der Waals surface area contributed by atoms with Crippen LogP contribution in [-0.4, -0.2) is 17.1 Å². The van der Waals surface area contributed by atoms with E-state index in [0.717, 1.165) is 11.4 Å². The molecular formula is C12H16FN3. The number of nitrogens with one attached hydrogen (secondary N) is 2. The Morgan fingerprint density at radius 3 is 2.69 bits per heavy atom. The first kappa shape index (κ1) is 10.0. The molecule has 0 radical (unpaired) electrons. The summed E-state index contributed by atoms with van der Waals surface area (Å²) >= 11 is 0. The number of nitrogens with zero attached hydrogens (tertiary/aromatic N) is 1. The third kappa shape index (κ3) is 2.50. The van der Waals surface area contributed by atoms with Crippen LogP contribution in [0.1, 0.15) is 31.2 Å².